The molecule has 0 spiro atoms. The van der Waals surface area contributed by atoms with Crippen molar-refractivity contribution in [3.63, 3.8) is 0 Å². The van der Waals surface area contributed by atoms with Crippen molar-refractivity contribution in [2.75, 3.05) is 0 Å². The zero-order valence-corrected chi connectivity index (χ0v) is 10.4. The molecule has 2 atom stereocenters. The van der Waals surface area contributed by atoms with Crippen molar-refractivity contribution < 1.29 is 4.79 Å². The molecule has 3 N–H and O–H groups in total. The highest BCUT2D eigenvalue weighted by Crippen LogP contribution is 2.08. The van der Waals surface area contributed by atoms with E-state index in [4.69, 9.17) is 5.73 Å². The Balaban J connectivity index is 2.50. The first-order valence-corrected chi connectivity index (χ1v) is 5.79. The molecule has 0 aliphatic rings. The van der Waals surface area contributed by atoms with E-state index >= 15 is 0 Å². The van der Waals surface area contributed by atoms with Crippen LogP contribution in [0.15, 0.2) is 42.6 Å². The monoisotopic (exact) mass is 232 g/mol. The summed E-state index contributed by atoms with van der Waals surface area (Å²) in [5.41, 5.74) is 7.17. The molecule has 0 heterocycles. The van der Waals surface area contributed by atoms with Gasteiger partial charge in [-0.3, -0.25) is 4.79 Å². The first-order chi connectivity index (χ1) is 8.00. The van der Waals surface area contributed by atoms with E-state index in [1.165, 1.54) is 0 Å². The fourth-order valence-corrected chi connectivity index (χ4v) is 1.51. The summed E-state index contributed by atoms with van der Waals surface area (Å²) in [6.45, 7) is 7.35. The van der Waals surface area contributed by atoms with Crippen LogP contribution in [0, 0.1) is 5.92 Å². The fourth-order valence-electron chi connectivity index (χ4n) is 1.51. The van der Waals surface area contributed by atoms with Gasteiger partial charge in [0.15, 0.2) is 0 Å². The number of rotatable bonds is 5. The van der Waals surface area contributed by atoms with E-state index in [9.17, 15) is 4.79 Å². The topological polar surface area (TPSA) is 55.1 Å². The normalized spacial score (nSPS) is 13.8. The first-order valence-electron chi connectivity index (χ1n) is 5.79. The van der Waals surface area contributed by atoms with Crippen LogP contribution in [0.2, 0.25) is 0 Å². The highest BCUT2D eigenvalue weighted by molar-refractivity contribution is 5.79. The molecule has 0 fully saturated rings. The van der Waals surface area contributed by atoms with Crippen LogP contribution in [0.4, 0.5) is 0 Å². The molecule has 2 unspecified atom stereocenters. The summed E-state index contributed by atoms with van der Waals surface area (Å²) in [6.07, 6.45) is 0.733. The van der Waals surface area contributed by atoms with Crippen molar-refractivity contribution >= 4 is 5.91 Å². The van der Waals surface area contributed by atoms with Crippen LogP contribution in [0.25, 0.3) is 0 Å². The molecular formula is C14H20N2O. The lowest BCUT2D eigenvalue weighted by Crippen LogP contribution is -2.39. The van der Waals surface area contributed by atoms with Crippen LogP contribution in [0.1, 0.15) is 19.4 Å². The lowest BCUT2D eigenvalue weighted by Gasteiger charge is -2.17. The lowest BCUT2D eigenvalue weighted by atomic mass is 10.00. The molecule has 0 bridgehead atoms. The number of hydrogen-bond acceptors (Lipinski definition) is 2. The Kier molecular flexibility index (Phi) is 4.76. The lowest BCUT2D eigenvalue weighted by molar-refractivity contribution is -0.124. The van der Waals surface area contributed by atoms with Crippen molar-refractivity contribution in [2.45, 2.75) is 26.3 Å². The van der Waals surface area contributed by atoms with Gasteiger partial charge >= 0.3 is 0 Å². The van der Waals surface area contributed by atoms with Gasteiger partial charge in [-0.2, -0.15) is 0 Å². The second-order valence-corrected chi connectivity index (χ2v) is 4.40. The second-order valence-electron chi connectivity index (χ2n) is 4.40. The molecule has 1 aromatic carbocycles. The largest absolute Gasteiger partial charge is 0.401 e. The number of nitrogens with one attached hydrogen (secondary N) is 1. The zero-order valence-electron chi connectivity index (χ0n) is 10.4. The summed E-state index contributed by atoms with van der Waals surface area (Å²) in [5.74, 6) is -0.0628. The van der Waals surface area contributed by atoms with Gasteiger partial charge in [-0.15, -0.1) is 0 Å². The van der Waals surface area contributed by atoms with Gasteiger partial charge in [-0.25, -0.2) is 0 Å². The van der Waals surface area contributed by atoms with Crippen molar-refractivity contribution in [1.29, 1.82) is 0 Å². The van der Waals surface area contributed by atoms with E-state index in [0.717, 1.165) is 12.0 Å². The molecule has 0 aromatic heterocycles. The van der Waals surface area contributed by atoms with Gasteiger partial charge < -0.3 is 11.1 Å². The van der Waals surface area contributed by atoms with Gasteiger partial charge in [0.25, 0.3) is 0 Å². The predicted molar refractivity (Wildman–Crippen MR) is 70.2 cm³/mol. The molecular weight excluding hydrogens is 212 g/mol. The number of carbonyl (C=O) groups excluding carboxylic acids is 1. The summed E-state index contributed by atoms with van der Waals surface area (Å²) < 4.78 is 0. The Bertz CT molecular complexity index is 386. The van der Waals surface area contributed by atoms with Gasteiger partial charge in [-0.05, 0) is 18.9 Å². The maximum Gasteiger partial charge on any atom is 0.223 e. The average Bonchev–Trinajstić information content (AvgIpc) is 2.29. The van der Waals surface area contributed by atoms with Gasteiger partial charge in [0.05, 0.1) is 6.04 Å². The van der Waals surface area contributed by atoms with Gasteiger partial charge in [-0.1, -0.05) is 43.8 Å². The van der Waals surface area contributed by atoms with E-state index in [1.807, 2.05) is 44.2 Å². The standard InChI is InChI=1S/C14H20N2O/c1-10(9-13-7-5-4-6-8-13)14(17)16-12(3)11(2)15/h4-8,10,12H,2,9,15H2,1,3H3,(H,16,17). The highest BCUT2D eigenvalue weighted by atomic mass is 16.1. The fraction of sp³-hybridized carbons (Fsp3) is 0.357. The van der Waals surface area contributed by atoms with Crippen LogP contribution in [-0.4, -0.2) is 11.9 Å². The van der Waals surface area contributed by atoms with Crippen molar-refractivity contribution in [3.8, 4) is 0 Å². The highest BCUT2D eigenvalue weighted by Gasteiger charge is 2.15. The molecule has 0 saturated heterocycles. The van der Waals surface area contributed by atoms with Gasteiger partial charge in [0, 0.05) is 11.6 Å². The Morgan fingerprint density at radius 3 is 2.47 bits per heavy atom. The van der Waals surface area contributed by atoms with E-state index < -0.39 is 0 Å². The SMILES string of the molecule is C=C(N)C(C)NC(=O)C(C)Cc1ccccc1. The number of nitrogens with two attached hydrogens (primary N) is 1. The maximum absolute atomic E-state index is 11.9. The Morgan fingerprint density at radius 1 is 1.35 bits per heavy atom. The molecule has 1 aromatic rings. The number of hydrogen-bond donors (Lipinski definition) is 2. The molecule has 3 nitrogen and oxygen atoms in total. The number of carbonyl (C=O) groups is 1. The summed E-state index contributed by atoms with van der Waals surface area (Å²) in [6, 6.07) is 9.79. The van der Waals surface area contributed by atoms with Gasteiger partial charge in [0.2, 0.25) is 5.91 Å². The number of benzene rings is 1. The molecule has 0 radical (unpaired) electrons. The smallest absolute Gasteiger partial charge is 0.223 e. The van der Waals surface area contributed by atoms with E-state index in [0.29, 0.717) is 5.70 Å². The van der Waals surface area contributed by atoms with E-state index in [-0.39, 0.29) is 17.9 Å². The van der Waals surface area contributed by atoms with E-state index in [1.54, 1.807) is 0 Å². The third-order valence-electron chi connectivity index (χ3n) is 2.75. The molecule has 0 aliphatic heterocycles. The summed E-state index contributed by atoms with van der Waals surface area (Å²) in [7, 11) is 0. The minimum Gasteiger partial charge on any atom is -0.401 e. The van der Waals surface area contributed by atoms with Crippen molar-refractivity contribution in [2.24, 2.45) is 11.7 Å². The van der Waals surface area contributed by atoms with Gasteiger partial charge in [0.1, 0.15) is 0 Å². The molecule has 1 rings (SSSR count). The van der Waals surface area contributed by atoms with Crippen LogP contribution in [0.3, 0.4) is 0 Å². The third kappa shape index (κ3) is 4.31. The van der Waals surface area contributed by atoms with E-state index in [2.05, 4.69) is 11.9 Å². The third-order valence-corrected chi connectivity index (χ3v) is 2.75. The maximum atomic E-state index is 11.9. The summed E-state index contributed by atoms with van der Waals surface area (Å²) >= 11 is 0. The Hall–Kier alpha value is -1.77. The second kappa shape index (κ2) is 6.09. The van der Waals surface area contributed by atoms with Crippen LogP contribution in [-0.2, 0) is 11.2 Å². The predicted octanol–water partition coefficient (Wildman–Crippen LogP) is 1.84. The summed E-state index contributed by atoms with van der Waals surface area (Å²) in [4.78, 5) is 11.9. The minimum absolute atomic E-state index is 0.00736. The molecule has 3 heteroatoms. The van der Waals surface area contributed by atoms with Crippen molar-refractivity contribution in [3.05, 3.63) is 48.2 Å². The Morgan fingerprint density at radius 2 is 1.94 bits per heavy atom. The molecule has 1 amide bonds. The van der Waals surface area contributed by atoms with Crippen LogP contribution < -0.4 is 11.1 Å². The molecule has 0 aliphatic carbocycles. The molecule has 0 saturated carbocycles. The average molecular weight is 232 g/mol. The molecule has 92 valence electrons. The minimum atomic E-state index is -0.180. The summed E-state index contributed by atoms with van der Waals surface area (Å²) in [5, 5.41) is 2.84. The first kappa shape index (κ1) is 13.3. The van der Waals surface area contributed by atoms with Crippen molar-refractivity contribution in [1.82, 2.24) is 5.32 Å². The Labute approximate surface area is 103 Å². The number of amides is 1. The van der Waals surface area contributed by atoms with Crippen LogP contribution >= 0.6 is 0 Å². The van der Waals surface area contributed by atoms with Crippen LogP contribution in [0.5, 0.6) is 0 Å². The zero-order chi connectivity index (χ0) is 12.8. The quantitative estimate of drug-likeness (QED) is 0.814. The molecule has 17 heavy (non-hydrogen) atoms.